The molecule has 0 aliphatic heterocycles. The van der Waals surface area contributed by atoms with Gasteiger partial charge in [-0.15, -0.1) is 0 Å². The molecule has 0 fully saturated rings. The second kappa shape index (κ2) is 7.28. The molecule has 0 unspecified atom stereocenters. The van der Waals surface area contributed by atoms with Gasteiger partial charge in [0.15, 0.2) is 0 Å². The standard InChI is InChI=1S/C12H16BrNO2/c1-2-15-12(14)10-4-6-11(7-5-10)16-9-3-8-13/h4-7,14H,2-3,8-9H2,1H3. The summed E-state index contributed by atoms with van der Waals surface area (Å²) in [7, 11) is 0. The molecule has 1 N–H and O–H groups in total. The van der Waals surface area contributed by atoms with Crippen LogP contribution in [0.3, 0.4) is 0 Å². The average molecular weight is 286 g/mol. The maximum absolute atomic E-state index is 7.60. The smallest absolute Gasteiger partial charge is 0.213 e. The Bertz CT molecular complexity index is 324. The van der Waals surface area contributed by atoms with E-state index in [-0.39, 0.29) is 5.90 Å². The summed E-state index contributed by atoms with van der Waals surface area (Å²) in [5.74, 6) is 1.03. The van der Waals surface area contributed by atoms with Gasteiger partial charge < -0.3 is 9.47 Å². The molecule has 3 nitrogen and oxygen atoms in total. The highest BCUT2D eigenvalue weighted by molar-refractivity contribution is 9.09. The van der Waals surface area contributed by atoms with Crippen LogP contribution in [-0.4, -0.2) is 24.4 Å². The van der Waals surface area contributed by atoms with E-state index < -0.39 is 0 Å². The van der Waals surface area contributed by atoms with Crippen LogP contribution in [0.1, 0.15) is 18.9 Å². The van der Waals surface area contributed by atoms with Crippen LogP contribution in [0.4, 0.5) is 0 Å². The number of halogens is 1. The molecular weight excluding hydrogens is 270 g/mol. The van der Waals surface area contributed by atoms with Crippen LogP contribution in [0.25, 0.3) is 0 Å². The van der Waals surface area contributed by atoms with Crippen molar-refractivity contribution in [3.05, 3.63) is 29.8 Å². The molecule has 0 radical (unpaired) electrons. The highest BCUT2D eigenvalue weighted by Crippen LogP contribution is 2.13. The molecular formula is C12H16BrNO2. The molecule has 0 amide bonds. The van der Waals surface area contributed by atoms with Crippen LogP contribution in [0, 0.1) is 5.41 Å². The Balaban J connectivity index is 2.50. The number of hydrogen-bond donors (Lipinski definition) is 1. The second-order valence-corrected chi connectivity index (χ2v) is 3.97. The summed E-state index contributed by atoms with van der Waals surface area (Å²) in [6.07, 6.45) is 0.983. The summed E-state index contributed by atoms with van der Waals surface area (Å²) in [5.41, 5.74) is 0.773. The van der Waals surface area contributed by atoms with Crippen molar-refractivity contribution in [2.45, 2.75) is 13.3 Å². The van der Waals surface area contributed by atoms with Gasteiger partial charge in [0.1, 0.15) is 5.75 Å². The van der Waals surface area contributed by atoms with Gasteiger partial charge in [-0.05, 0) is 37.6 Å². The lowest BCUT2D eigenvalue weighted by Gasteiger charge is -2.07. The summed E-state index contributed by atoms with van der Waals surface area (Å²) in [5, 5.41) is 8.54. The molecule has 1 rings (SSSR count). The molecule has 1 aromatic rings. The SMILES string of the molecule is CCOC(=N)c1ccc(OCCCBr)cc1. The minimum absolute atomic E-state index is 0.203. The van der Waals surface area contributed by atoms with Crippen molar-refractivity contribution in [3.63, 3.8) is 0 Å². The first kappa shape index (κ1) is 13.0. The van der Waals surface area contributed by atoms with Crippen molar-refractivity contribution in [3.8, 4) is 5.75 Å². The molecule has 0 aromatic heterocycles. The van der Waals surface area contributed by atoms with E-state index in [1.807, 2.05) is 31.2 Å². The van der Waals surface area contributed by atoms with E-state index in [4.69, 9.17) is 14.9 Å². The molecule has 1 aromatic carbocycles. The number of benzene rings is 1. The molecule has 0 saturated carbocycles. The second-order valence-electron chi connectivity index (χ2n) is 3.18. The zero-order chi connectivity index (χ0) is 11.8. The minimum Gasteiger partial charge on any atom is -0.494 e. The van der Waals surface area contributed by atoms with E-state index in [1.54, 1.807) is 0 Å². The monoisotopic (exact) mass is 285 g/mol. The summed E-state index contributed by atoms with van der Waals surface area (Å²) in [6.45, 7) is 3.09. The van der Waals surface area contributed by atoms with E-state index in [9.17, 15) is 0 Å². The fourth-order valence-electron chi connectivity index (χ4n) is 1.17. The maximum Gasteiger partial charge on any atom is 0.213 e. The molecule has 0 aliphatic carbocycles. The van der Waals surface area contributed by atoms with Crippen molar-refractivity contribution in [2.24, 2.45) is 0 Å². The Morgan fingerprint density at radius 3 is 2.56 bits per heavy atom. The molecule has 4 heteroatoms. The first-order chi connectivity index (χ1) is 7.77. The number of rotatable bonds is 6. The first-order valence-electron chi connectivity index (χ1n) is 5.28. The maximum atomic E-state index is 7.60. The summed E-state index contributed by atoms with van der Waals surface area (Å²) in [6, 6.07) is 7.39. The van der Waals surface area contributed by atoms with Gasteiger partial charge in [0, 0.05) is 10.9 Å². The zero-order valence-electron chi connectivity index (χ0n) is 9.33. The van der Waals surface area contributed by atoms with Crippen molar-refractivity contribution in [1.29, 1.82) is 5.41 Å². The Morgan fingerprint density at radius 1 is 1.31 bits per heavy atom. The Kier molecular flexibility index (Phi) is 5.93. The Labute approximate surface area is 104 Å². The predicted octanol–water partition coefficient (Wildman–Crippen LogP) is 3.21. The highest BCUT2D eigenvalue weighted by atomic mass is 79.9. The Morgan fingerprint density at radius 2 is 2.00 bits per heavy atom. The number of hydrogen-bond acceptors (Lipinski definition) is 3. The first-order valence-corrected chi connectivity index (χ1v) is 6.40. The molecule has 0 aliphatic rings. The number of ether oxygens (including phenoxy) is 2. The molecule has 0 bridgehead atoms. The van der Waals surface area contributed by atoms with Gasteiger partial charge >= 0.3 is 0 Å². The van der Waals surface area contributed by atoms with Crippen LogP contribution in [0.2, 0.25) is 0 Å². The van der Waals surface area contributed by atoms with Gasteiger partial charge in [-0.1, -0.05) is 15.9 Å². The lowest BCUT2D eigenvalue weighted by molar-refractivity contribution is 0.318. The van der Waals surface area contributed by atoms with Crippen molar-refractivity contribution in [2.75, 3.05) is 18.5 Å². The summed E-state index contributed by atoms with van der Waals surface area (Å²) < 4.78 is 10.6. The van der Waals surface area contributed by atoms with Crippen LogP contribution in [0.5, 0.6) is 5.75 Å². The lowest BCUT2D eigenvalue weighted by Crippen LogP contribution is -2.04. The summed E-state index contributed by atoms with van der Waals surface area (Å²) >= 11 is 3.35. The molecule has 0 heterocycles. The highest BCUT2D eigenvalue weighted by Gasteiger charge is 2.01. The average Bonchev–Trinajstić information content (AvgIpc) is 2.30. The van der Waals surface area contributed by atoms with Crippen LogP contribution in [-0.2, 0) is 4.74 Å². The van der Waals surface area contributed by atoms with Crippen molar-refractivity contribution in [1.82, 2.24) is 0 Å². The van der Waals surface area contributed by atoms with Gasteiger partial charge in [0.25, 0.3) is 0 Å². The van der Waals surface area contributed by atoms with Crippen LogP contribution >= 0.6 is 15.9 Å². The Hall–Kier alpha value is -1.03. The van der Waals surface area contributed by atoms with E-state index in [0.29, 0.717) is 13.2 Å². The van der Waals surface area contributed by atoms with E-state index in [0.717, 1.165) is 23.1 Å². The molecule has 0 saturated heterocycles. The molecule has 0 atom stereocenters. The fraction of sp³-hybridized carbons (Fsp3) is 0.417. The van der Waals surface area contributed by atoms with Gasteiger partial charge in [0.05, 0.1) is 13.2 Å². The number of alkyl halides is 1. The van der Waals surface area contributed by atoms with Gasteiger partial charge in [-0.3, -0.25) is 5.41 Å². The normalized spacial score (nSPS) is 9.88. The van der Waals surface area contributed by atoms with Crippen LogP contribution < -0.4 is 4.74 Å². The largest absolute Gasteiger partial charge is 0.494 e. The lowest BCUT2D eigenvalue weighted by atomic mass is 10.2. The predicted molar refractivity (Wildman–Crippen MR) is 68.8 cm³/mol. The number of nitrogens with one attached hydrogen (secondary N) is 1. The minimum atomic E-state index is 0.203. The molecule has 0 spiro atoms. The third kappa shape index (κ3) is 4.23. The van der Waals surface area contributed by atoms with Crippen molar-refractivity contribution >= 4 is 21.8 Å². The van der Waals surface area contributed by atoms with Gasteiger partial charge in [-0.2, -0.15) is 0 Å². The van der Waals surface area contributed by atoms with Gasteiger partial charge in [0.2, 0.25) is 5.90 Å². The topological polar surface area (TPSA) is 42.3 Å². The zero-order valence-corrected chi connectivity index (χ0v) is 10.9. The third-order valence-electron chi connectivity index (χ3n) is 1.95. The van der Waals surface area contributed by atoms with Crippen LogP contribution in [0.15, 0.2) is 24.3 Å². The quantitative estimate of drug-likeness (QED) is 0.377. The van der Waals surface area contributed by atoms with Crippen molar-refractivity contribution < 1.29 is 9.47 Å². The molecule has 88 valence electrons. The summed E-state index contributed by atoms with van der Waals surface area (Å²) in [4.78, 5) is 0. The van der Waals surface area contributed by atoms with E-state index in [1.165, 1.54) is 0 Å². The van der Waals surface area contributed by atoms with E-state index >= 15 is 0 Å². The van der Waals surface area contributed by atoms with Gasteiger partial charge in [-0.25, -0.2) is 0 Å². The fourth-order valence-corrected chi connectivity index (χ4v) is 1.40. The van der Waals surface area contributed by atoms with E-state index in [2.05, 4.69) is 15.9 Å². The molecule has 16 heavy (non-hydrogen) atoms. The third-order valence-corrected chi connectivity index (χ3v) is 2.51.